The first-order valence-electron chi connectivity index (χ1n) is 7.08. The molecule has 0 bridgehead atoms. The van der Waals surface area contributed by atoms with Crippen molar-refractivity contribution in [1.82, 2.24) is 14.1 Å². The zero-order valence-corrected chi connectivity index (χ0v) is 14.0. The zero-order chi connectivity index (χ0) is 15.2. The molecule has 0 aliphatic heterocycles. The van der Waals surface area contributed by atoms with Crippen molar-refractivity contribution in [3.05, 3.63) is 12.4 Å². The maximum Gasteiger partial charge on any atom is 0.246 e. The molecule has 5 nitrogen and oxygen atoms in total. The zero-order valence-electron chi connectivity index (χ0n) is 12.4. The average molecular weight is 322 g/mol. The first kappa shape index (κ1) is 17.5. The lowest BCUT2D eigenvalue weighted by Gasteiger charge is -2.24. The Labute approximate surface area is 127 Å². The number of rotatable bonds is 9. The van der Waals surface area contributed by atoms with Crippen molar-refractivity contribution in [1.29, 1.82) is 0 Å². The summed E-state index contributed by atoms with van der Waals surface area (Å²) in [5.74, 6) is 0.800. The van der Waals surface area contributed by atoms with E-state index in [1.807, 2.05) is 6.92 Å². The summed E-state index contributed by atoms with van der Waals surface area (Å²) < 4.78 is 28.3. The topological polar surface area (TPSA) is 55.2 Å². The normalized spacial score (nSPS) is 12.5. The minimum atomic E-state index is -3.46. The van der Waals surface area contributed by atoms with Crippen molar-refractivity contribution in [2.45, 2.75) is 45.1 Å². The Morgan fingerprint density at radius 1 is 1.35 bits per heavy atom. The third-order valence-electron chi connectivity index (χ3n) is 3.53. The Morgan fingerprint density at radius 3 is 2.50 bits per heavy atom. The van der Waals surface area contributed by atoms with Crippen LogP contribution < -0.4 is 0 Å². The van der Waals surface area contributed by atoms with Crippen LogP contribution in [-0.2, 0) is 16.6 Å². The molecule has 0 atom stereocenters. The fourth-order valence-corrected chi connectivity index (χ4v) is 3.72. The number of hydrogen-bond donors (Lipinski definition) is 0. The van der Waals surface area contributed by atoms with Gasteiger partial charge in [-0.25, -0.2) is 8.42 Å². The van der Waals surface area contributed by atoms with E-state index in [-0.39, 0.29) is 4.90 Å². The highest BCUT2D eigenvalue weighted by Gasteiger charge is 2.26. The van der Waals surface area contributed by atoms with Crippen molar-refractivity contribution < 1.29 is 8.42 Å². The molecule has 0 radical (unpaired) electrons. The van der Waals surface area contributed by atoms with Crippen LogP contribution in [0.25, 0.3) is 0 Å². The number of halogens is 1. The van der Waals surface area contributed by atoms with Gasteiger partial charge in [-0.3, -0.25) is 4.68 Å². The fourth-order valence-electron chi connectivity index (χ4n) is 2.07. The van der Waals surface area contributed by atoms with Crippen LogP contribution in [-0.4, -0.2) is 41.5 Å². The summed E-state index contributed by atoms with van der Waals surface area (Å²) in [4.78, 5) is 0.246. The molecular weight excluding hydrogens is 298 g/mol. The molecule has 0 unspecified atom stereocenters. The molecule has 0 amide bonds. The Bertz CT molecular complexity index is 497. The Balaban J connectivity index is 2.92. The van der Waals surface area contributed by atoms with E-state index in [0.29, 0.717) is 31.4 Å². The van der Waals surface area contributed by atoms with E-state index in [1.165, 1.54) is 10.5 Å². The van der Waals surface area contributed by atoms with Crippen molar-refractivity contribution in [3.63, 3.8) is 0 Å². The maximum absolute atomic E-state index is 12.6. The molecule has 116 valence electrons. The van der Waals surface area contributed by atoms with Gasteiger partial charge >= 0.3 is 0 Å². The molecule has 1 heterocycles. The molecule has 0 fully saturated rings. The summed E-state index contributed by atoms with van der Waals surface area (Å²) in [7, 11) is -3.46. The van der Waals surface area contributed by atoms with Crippen LogP contribution in [0.1, 0.15) is 33.6 Å². The smallest absolute Gasteiger partial charge is 0.246 e. The van der Waals surface area contributed by atoms with Gasteiger partial charge in [0.25, 0.3) is 0 Å². The molecule has 0 saturated heterocycles. The molecule has 1 rings (SSSR count). The van der Waals surface area contributed by atoms with Gasteiger partial charge in [0.15, 0.2) is 0 Å². The Hall–Kier alpha value is -0.590. The quantitative estimate of drug-likeness (QED) is 0.657. The van der Waals surface area contributed by atoms with E-state index in [0.717, 1.165) is 12.8 Å². The first-order chi connectivity index (χ1) is 9.49. The van der Waals surface area contributed by atoms with Crippen LogP contribution in [0.3, 0.4) is 0 Å². The lowest BCUT2D eigenvalue weighted by atomic mass is 10.0. The number of alkyl halides is 1. The van der Waals surface area contributed by atoms with Gasteiger partial charge < -0.3 is 0 Å². The van der Waals surface area contributed by atoms with Crippen LogP contribution in [0.15, 0.2) is 17.3 Å². The highest BCUT2D eigenvalue weighted by atomic mass is 35.5. The third kappa shape index (κ3) is 4.20. The molecule has 0 spiro atoms. The van der Waals surface area contributed by atoms with E-state index < -0.39 is 10.0 Å². The van der Waals surface area contributed by atoms with E-state index >= 15 is 0 Å². The number of nitrogens with zero attached hydrogens (tertiary/aromatic N) is 3. The Morgan fingerprint density at radius 2 is 2.00 bits per heavy atom. The van der Waals surface area contributed by atoms with E-state index in [9.17, 15) is 8.42 Å². The monoisotopic (exact) mass is 321 g/mol. The summed E-state index contributed by atoms with van der Waals surface area (Å²) in [6, 6.07) is 0. The van der Waals surface area contributed by atoms with Crippen molar-refractivity contribution in [2.24, 2.45) is 5.92 Å². The molecule has 0 aliphatic rings. The molecular formula is C13H24ClN3O2S. The van der Waals surface area contributed by atoms with Crippen molar-refractivity contribution in [2.75, 3.05) is 19.0 Å². The molecule has 0 aliphatic carbocycles. The van der Waals surface area contributed by atoms with Gasteiger partial charge in [-0.15, -0.1) is 11.6 Å². The lowest BCUT2D eigenvalue weighted by Crippen LogP contribution is -2.35. The maximum atomic E-state index is 12.6. The summed E-state index contributed by atoms with van der Waals surface area (Å²) in [6.07, 6.45) is 4.91. The molecule has 0 N–H and O–H groups in total. The molecule has 7 heteroatoms. The summed E-state index contributed by atoms with van der Waals surface area (Å²) in [5.41, 5.74) is 0. The van der Waals surface area contributed by atoms with E-state index in [2.05, 4.69) is 18.9 Å². The lowest BCUT2D eigenvalue weighted by molar-refractivity contribution is 0.339. The summed E-state index contributed by atoms with van der Waals surface area (Å²) in [6.45, 7) is 7.59. The van der Waals surface area contributed by atoms with Gasteiger partial charge in [0.05, 0.1) is 12.7 Å². The molecule has 0 saturated carbocycles. The number of sulfonamides is 1. The SMILES string of the molecule is CCC(CC)CN(CC)S(=O)(=O)c1cnn(CCCl)c1. The standard InChI is InChI=1S/C13H24ClN3O2S/c1-4-12(5-2)10-17(6-3)20(18,19)13-9-15-16(11-13)8-7-14/h9,11-12H,4-8,10H2,1-3H3. The van der Waals surface area contributed by atoms with Crippen LogP contribution in [0, 0.1) is 5.92 Å². The minimum absolute atomic E-state index is 0.246. The van der Waals surface area contributed by atoms with Crippen molar-refractivity contribution >= 4 is 21.6 Å². The van der Waals surface area contributed by atoms with Crippen molar-refractivity contribution in [3.8, 4) is 0 Å². The highest BCUT2D eigenvalue weighted by Crippen LogP contribution is 2.18. The molecule has 20 heavy (non-hydrogen) atoms. The number of hydrogen-bond acceptors (Lipinski definition) is 3. The second-order valence-corrected chi connectivity index (χ2v) is 7.08. The van der Waals surface area contributed by atoms with Gasteiger partial charge in [0.2, 0.25) is 10.0 Å². The average Bonchev–Trinajstić information content (AvgIpc) is 2.90. The Kier molecular flexibility index (Phi) is 6.99. The van der Waals surface area contributed by atoms with Crippen LogP contribution in [0.4, 0.5) is 0 Å². The predicted octanol–water partition coefficient (Wildman–Crippen LogP) is 2.57. The highest BCUT2D eigenvalue weighted by molar-refractivity contribution is 7.89. The summed E-state index contributed by atoms with van der Waals surface area (Å²) >= 11 is 5.64. The largest absolute Gasteiger partial charge is 0.270 e. The third-order valence-corrected chi connectivity index (χ3v) is 5.59. The molecule has 0 aromatic carbocycles. The van der Waals surface area contributed by atoms with Crippen LogP contribution in [0.2, 0.25) is 0 Å². The molecule has 1 aromatic rings. The molecule has 1 aromatic heterocycles. The second-order valence-electron chi connectivity index (χ2n) is 4.77. The predicted molar refractivity (Wildman–Crippen MR) is 81.5 cm³/mol. The number of aryl methyl sites for hydroxylation is 1. The van der Waals surface area contributed by atoms with Gasteiger partial charge in [-0.05, 0) is 5.92 Å². The van der Waals surface area contributed by atoms with Gasteiger partial charge in [-0.1, -0.05) is 33.6 Å². The van der Waals surface area contributed by atoms with E-state index in [4.69, 9.17) is 11.6 Å². The fraction of sp³-hybridized carbons (Fsp3) is 0.769. The van der Waals surface area contributed by atoms with Crippen LogP contribution >= 0.6 is 11.6 Å². The van der Waals surface area contributed by atoms with Crippen LogP contribution in [0.5, 0.6) is 0 Å². The first-order valence-corrected chi connectivity index (χ1v) is 9.05. The number of aromatic nitrogens is 2. The van der Waals surface area contributed by atoms with E-state index in [1.54, 1.807) is 10.9 Å². The minimum Gasteiger partial charge on any atom is -0.270 e. The second kappa shape index (κ2) is 8.00. The van der Waals surface area contributed by atoms with Gasteiger partial charge in [0, 0.05) is 25.2 Å². The summed E-state index contributed by atoms with van der Waals surface area (Å²) in [5, 5.41) is 4.03. The van der Waals surface area contributed by atoms with Gasteiger partial charge in [-0.2, -0.15) is 9.40 Å². The van der Waals surface area contributed by atoms with Gasteiger partial charge in [0.1, 0.15) is 4.90 Å².